The van der Waals surface area contributed by atoms with Crippen LogP contribution in [0.15, 0.2) is 72.9 Å². The minimum Gasteiger partial charge on any atom is -0.479 e. The molecule has 11 nitrogen and oxygen atoms in total. The van der Waals surface area contributed by atoms with Gasteiger partial charge in [-0.3, -0.25) is 9.59 Å². The van der Waals surface area contributed by atoms with Gasteiger partial charge < -0.3 is 39.4 Å². The van der Waals surface area contributed by atoms with Gasteiger partial charge in [0.2, 0.25) is 0 Å². The lowest BCUT2D eigenvalue weighted by atomic mass is 9.99. The first kappa shape index (κ1) is 57.7. The van der Waals surface area contributed by atoms with Crippen molar-refractivity contribution in [1.29, 1.82) is 0 Å². The Bertz CT molecular complexity index is 1320. The maximum atomic E-state index is 12.8. The number of allylic oxidation sites excluding steroid dienone is 12. The van der Waals surface area contributed by atoms with E-state index in [9.17, 15) is 34.8 Å². The number of aliphatic hydroxyl groups is 3. The predicted octanol–water partition coefficient (Wildman–Crippen LogP) is 11.3. The van der Waals surface area contributed by atoms with E-state index in [0.717, 1.165) is 57.8 Å². The van der Waals surface area contributed by atoms with Crippen molar-refractivity contribution < 1.29 is 53.8 Å². The third kappa shape index (κ3) is 32.9. The average molecular weight is 887 g/mol. The van der Waals surface area contributed by atoms with E-state index in [-0.39, 0.29) is 19.4 Å². The van der Waals surface area contributed by atoms with Gasteiger partial charge in [-0.25, -0.2) is 4.79 Å². The maximum absolute atomic E-state index is 12.8. The number of unbranched alkanes of at least 4 members (excludes halogenated alkanes) is 17. The Labute approximate surface area is 380 Å². The first-order valence-corrected chi connectivity index (χ1v) is 24.5. The third-order valence-corrected chi connectivity index (χ3v) is 10.8. The summed E-state index contributed by atoms with van der Waals surface area (Å²) in [7, 11) is 0. The van der Waals surface area contributed by atoms with Gasteiger partial charge >= 0.3 is 17.9 Å². The van der Waals surface area contributed by atoms with Crippen molar-refractivity contribution in [3.8, 4) is 0 Å². The molecule has 0 amide bonds. The molecule has 1 aliphatic heterocycles. The van der Waals surface area contributed by atoms with Gasteiger partial charge in [-0.2, -0.15) is 0 Å². The summed E-state index contributed by atoms with van der Waals surface area (Å²) in [4.78, 5) is 36.9. The van der Waals surface area contributed by atoms with Crippen LogP contribution in [0.25, 0.3) is 0 Å². The van der Waals surface area contributed by atoms with Crippen molar-refractivity contribution in [2.24, 2.45) is 0 Å². The van der Waals surface area contributed by atoms with Crippen LogP contribution < -0.4 is 0 Å². The quantitative estimate of drug-likeness (QED) is 0.0262. The van der Waals surface area contributed by atoms with Crippen LogP contribution in [-0.2, 0) is 33.3 Å². The summed E-state index contributed by atoms with van der Waals surface area (Å²) in [5.74, 6) is -2.55. The van der Waals surface area contributed by atoms with Crippen LogP contribution in [0.5, 0.6) is 0 Å². The summed E-state index contributed by atoms with van der Waals surface area (Å²) >= 11 is 0. The lowest BCUT2D eigenvalue weighted by Gasteiger charge is -2.38. The topological polar surface area (TPSA) is 169 Å². The highest BCUT2D eigenvalue weighted by Crippen LogP contribution is 2.23. The molecule has 0 spiro atoms. The molecular formula is C52H86O11. The zero-order valence-electron chi connectivity index (χ0n) is 39.0. The highest BCUT2D eigenvalue weighted by atomic mass is 16.7. The Morgan fingerprint density at radius 1 is 0.508 bits per heavy atom. The van der Waals surface area contributed by atoms with Crippen LogP contribution in [0.2, 0.25) is 0 Å². The molecule has 6 unspecified atom stereocenters. The van der Waals surface area contributed by atoms with E-state index in [2.05, 4.69) is 74.6 Å². The zero-order chi connectivity index (χ0) is 46.0. The first-order chi connectivity index (χ1) is 30.7. The molecule has 6 atom stereocenters. The molecule has 1 rings (SSSR count). The first-order valence-electron chi connectivity index (χ1n) is 24.5. The van der Waals surface area contributed by atoms with Gasteiger partial charge in [0.15, 0.2) is 18.5 Å². The minimum absolute atomic E-state index is 0.109. The molecule has 1 aliphatic rings. The fraction of sp³-hybridized carbons (Fsp3) is 0.712. The summed E-state index contributed by atoms with van der Waals surface area (Å²) < 4.78 is 21.7. The van der Waals surface area contributed by atoms with E-state index in [0.29, 0.717) is 12.8 Å². The number of hydrogen-bond donors (Lipinski definition) is 4. The molecule has 0 aliphatic carbocycles. The van der Waals surface area contributed by atoms with Crippen molar-refractivity contribution >= 4 is 17.9 Å². The van der Waals surface area contributed by atoms with Gasteiger partial charge in [0.1, 0.15) is 24.9 Å². The molecule has 0 radical (unpaired) electrons. The minimum atomic E-state index is -1.87. The highest BCUT2D eigenvalue weighted by molar-refractivity contribution is 5.73. The molecule has 0 saturated carbocycles. The molecule has 11 heteroatoms. The molecule has 0 aromatic heterocycles. The van der Waals surface area contributed by atoms with E-state index in [1.54, 1.807) is 0 Å². The van der Waals surface area contributed by atoms with Gasteiger partial charge in [-0.1, -0.05) is 196 Å². The number of carbonyl (C=O) groups is 3. The number of ether oxygens (including phenoxy) is 4. The molecule has 0 aromatic carbocycles. The second kappa shape index (κ2) is 41.4. The molecule has 0 bridgehead atoms. The van der Waals surface area contributed by atoms with E-state index in [1.165, 1.54) is 89.9 Å². The molecule has 63 heavy (non-hydrogen) atoms. The molecule has 360 valence electrons. The second-order valence-corrected chi connectivity index (χ2v) is 16.6. The number of rotatable bonds is 40. The van der Waals surface area contributed by atoms with Crippen molar-refractivity contribution in [3.05, 3.63) is 72.9 Å². The summed E-state index contributed by atoms with van der Waals surface area (Å²) in [6, 6.07) is 0. The zero-order valence-corrected chi connectivity index (χ0v) is 39.0. The molecule has 1 heterocycles. The largest absolute Gasteiger partial charge is 0.479 e. The summed E-state index contributed by atoms with van der Waals surface area (Å²) in [5, 5.41) is 39.9. The van der Waals surface area contributed by atoms with Crippen LogP contribution >= 0.6 is 0 Å². The average Bonchev–Trinajstić information content (AvgIpc) is 3.27. The summed E-state index contributed by atoms with van der Waals surface area (Å²) in [6.45, 7) is 3.65. The lowest BCUT2D eigenvalue weighted by molar-refractivity contribution is -0.298. The van der Waals surface area contributed by atoms with Crippen molar-refractivity contribution in [3.63, 3.8) is 0 Å². The Morgan fingerprint density at radius 3 is 1.38 bits per heavy atom. The van der Waals surface area contributed by atoms with E-state index in [1.807, 2.05) is 12.2 Å². The fourth-order valence-corrected chi connectivity index (χ4v) is 7.02. The Hall–Kier alpha value is -3.35. The van der Waals surface area contributed by atoms with E-state index >= 15 is 0 Å². The standard InChI is InChI=1S/C52H86O11/c1-3-5-7-9-11-13-15-17-19-21-23-25-26-28-30-32-34-36-38-40-45(53)60-42-44(43-61-52-49(57)47(55)48(56)50(63-52)51(58)59)62-46(54)41-39-37-35-33-31-29-27-24-22-20-18-16-14-12-10-8-6-4-2/h5,7,11,13,17,19,23,25,28,30,34,36,44,47-50,52,55-57H,3-4,6,8-10,12,14-16,18,20-22,24,26-27,29,31-33,35,37-43H2,1-2H3,(H,58,59)/b7-5-,13-11-,19-17-,25-23-,30-28-,36-34-. The van der Waals surface area contributed by atoms with Crippen LogP contribution in [0.3, 0.4) is 0 Å². The Morgan fingerprint density at radius 2 is 0.937 bits per heavy atom. The van der Waals surface area contributed by atoms with Crippen LogP contribution in [-0.4, -0.2) is 88.4 Å². The number of carbonyl (C=O) groups excluding carboxylic acids is 2. The molecule has 1 saturated heterocycles. The SMILES string of the molecule is CC/C=C\C/C=C\C/C=C\C/C=C\C/C=C\C/C=C\CCC(=O)OCC(COC1OC(C(=O)O)C(O)C(O)C1O)OC(=O)CCCCCCCCCCCCCCCCCCCC. The van der Waals surface area contributed by atoms with Crippen molar-refractivity contribution in [2.45, 2.75) is 224 Å². The molecule has 0 aromatic rings. The number of aliphatic carboxylic acids is 1. The molecular weight excluding hydrogens is 801 g/mol. The Balaban J connectivity index is 2.38. The molecule has 1 fully saturated rings. The summed E-state index contributed by atoms with van der Waals surface area (Å²) in [5.41, 5.74) is 0. The van der Waals surface area contributed by atoms with Gasteiger partial charge in [0.25, 0.3) is 0 Å². The fourth-order valence-electron chi connectivity index (χ4n) is 7.02. The number of hydrogen-bond acceptors (Lipinski definition) is 10. The highest BCUT2D eigenvalue weighted by Gasteiger charge is 2.47. The normalized spacial score (nSPS) is 20.0. The van der Waals surface area contributed by atoms with Gasteiger partial charge in [-0.05, 0) is 51.4 Å². The number of carboxylic acids is 1. The molecule has 4 N–H and O–H groups in total. The Kier molecular flexibility index (Phi) is 37.9. The van der Waals surface area contributed by atoms with E-state index in [4.69, 9.17) is 18.9 Å². The third-order valence-electron chi connectivity index (χ3n) is 10.8. The second-order valence-electron chi connectivity index (χ2n) is 16.6. The van der Waals surface area contributed by atoms with Crippen molar-refractivity contribution in [2.75, 3.05) is 13.2 Å². The van der Waals surface area contributed by atoms with Crippen molar-refractivity contribution in [1.82, 2.24) is 0 Å². The summed E-state index contributed by atoms with van der Waals surface area (Å²) in [6.07, 6.45) is 43.9. The predicted molar refractivity (Wildman–Crippen MR) is 252 cm³/mol. The van der Waals surface area contributed by atoms with Gasteiger partial charge in [0, 0.05) is 12.8 Å². The van der Waals surface area contributed by atoms with Gasteiger partial charge in [0.05, 0.1) is 6.61 Å². The maximum Gasteiger partial charge on any atom is 0.335 e. The monoisotopic (exact) mass is 887 g/mol. The van der Waals surface area contributed by atoms with Crippen LogP contribution in [0.1, 0.15) is 187 Å². The van der Waals surface area contributed by atoms with Crippen LogP contribution in [0, 0.1) is 0 Å². The number of aliphatic hydroxyl groups excluding tert-OH is 3. The van der Waals surface area contributed by atoms with Gasteiger partial charge in [-0.15, -0.1) is 0 Å². The lowest BCUT2D eigenvalue weighted by Crippen LogP contribution is -2.60. The number of esters is 2. The number of carboxylic acid groups (broad SMARTS) is 1. The van der Waals surface area contributed by atoms with Crippen LogP contribution in [0.4, 0.5) is 0 Å². The smallest absolute Gasteiger partial charge is 0.335 e. The van der Waals surface area contributed by atoms with E-state index < -0.39 is 61.3 Å².